The van der Waals surface area contributed by atoms with Crippen LogP contribution in [0.1, 0.15) is 42.8 Å². The highest BCUT2D eigenvalue weighted by Crippen LogP contribution is 2.19. The van der Waals surface area contributed by atoms with Gasteiger partial charge >= 0.3 is 0 Å². The van der Waals surface area contributed by atoms with Crippen molar-refractivity contribution in [3.8, 4) is 11.4 Å². The van der Waals surface area contributed by atoms with Crippen LogP contribution in [-0.4, -0.2) is 21.0 Å². The van der Waals surface area contributed by atoms with Crippen molar-refractivity contribution in [2.24, 2.45) is 0 Å². The zero-order valence-electron chi connectivity index (χ0n) is 17.5. The smallest absolute Gasteiger partial charge is 0.259 e. The Morgan fingerprint density at radius 1 is 1.16 bits per heavy atom. The summed E-state index contributed by atoms with van der Waals surface area (Å²) in [7, 11) is 0. The molecule has 0 bridgehead atoms. The summed E-state index contributed by atoms with van der Waals surface area (Å²) in [6, 6.07) is 17.4. The summed E-state index contributed by atoms with van der Waals surface area (Å²) >= 11 is 0. The fourth-order valence-corrected chi connectivity index (χ4v) is 3.49. The first-order chi connectivity index (χ1) is 15.0. The highest BCUT2D eigenvalue weighted by Gasteiger charge is 2.14. The van der Waals surface area contributed by atoms with E-state index in [9.17, 15) is 9.59 Å². The number of hydrogen-bond acceptors (Lipinski definition) is 5. The van der Waals surface area contributed by atoms with Crippen LogP contribution in [0.25, 0.3) is 22.3 Å². The third kappa shape index (κ3) is 4.88. The number of amides is 1. The average molecular weight is 416 g/mol. The minimum atomic E-state index is -0.264. The summed E-state index contributed by atoms with van der Waals surface area (Å²) in [4.78, 5) is 31.9. The number of fused-ring (bicyclic) bond motifs is 1. The number of hydrogen-bond donors (Lipinski definition) is 2. The molecule has 2 N–H and O–H groups in total. The number of pyridine rings is 1. The molecule has 0 unspecified atom stereocenters. The number of carbonyl (C=O) groups is 1. The van der Waals surface area contributed by atoms with Gasteiger partial charge in [0.2, 0.25) is 17.6 Å². The molecule has 0 aliphatic rings. The van der Waals surface area contributed by atoms with Crippen LogP contribution < -0.4 is 10.9 Å². The lowest BCUT2D eigenvalue weighted by atomic mass is 10.1. The fraction of sp³-hybridized carbons (Fsp3) is 0.250. The fourth-order valence-electron chi connectivity index (χ4n) is 3.49. The normalized spacial score (nSPS) is 12.1. The summed E-state index contributed by atoms with van der Waals surface area (Å²) < 4.78 is 5.29. The largest absolute Gasteiger partial charge is 0.350 e. The second-order valence-corrected chi connectivity index (χ2v) is 7.67. The molecule has 0 saturated heterocycles. The molecule has 1 amide bonds. The number of benzene rings is 2. The number of aromatic amines is 1. The first kappa shape index (κ1) is 20.5. The Morgan fingerprint density at radius 3 is 2.77 bits per heavy atom. The molecule has 0 aliphatic heterocycles. The van der Waals surface area contributed by atoms with Gasteiger partial charge in [-0.1, -0.05) is 47.6 Å². The monoisotopic (exact) mass is 416 g/mol. The molecule has 0 radical (unpaired) electrons. The van der Waals surface area contributed by atoms with Crippen molar-refractivity contribution >= 4 is 16.8 Å². The number of aryl methyl sites for hydroxylation is 2. The summed E-state index contributed by atoms with van der Waals surface area (Å²) in [6.07, 6.45) is 1.39. The van der Waals surface area contributed by atoms with Crippen LogP contribution in [0, 0.1) is 6.92 Å². The summed E-state index contributed by atoms with van der Waals surface area (Å²) in [5, 5.41) is 7.84. The first-order valence-electron chi connectivity index (χ1n) is 10.3. The van der Waals surface area contributed by atoms with Gasteiger partial charge in [-0.05, 0) is 48.9 Å². The number of nitrogens with one attached hydrogen (secondary N) is 2. The van der Waals surface area contributed by atoms with Gasteiger partial charge in [0.25, 0.3) is 5.56 Å². The minimum Gasteiger partial charge on any atom is -0.350 e. The van der Waals surface area contributed by atoms with Crippen molar-refractivity contribution in [2.45, 2.75) is 39.2 Å². The van der Waals surface area contributed by atoms with Gasteiger partial charge in [-0.3, -0.25) is 9.59 Å². The first-order valence-corrected chi connectivity index (χ1v) is 10.3. The number of rotatable bonds is 7. The van der Waals surface area contributed by atoms with Crippen LogP contribution in [0.4, 0.5) is 0 Å². The summed E-state index contributed by atoms with van der Waals surface area (Å²) in [5.74, 6) is 0.626. The molecular formula is C24H24N4O3. The zero-order valence-corrected chi connectivity index (χ0v) is 17.5. The maximum Gasteiger partial charge on any atom is 0.259 e. The molecule has 158 valence electrons. The molecule has 7 nitrogen and oxygen atoms in total. The Bertz CT molecular complexity index is 1260. The average Bonchev–Trinajstić information content (AvgIpc) is 3.22. The molecule has 4 aromatic rings. The molecule has 0 aliphatic carbocycles. The maximum atomic E-state index is 12.4. The minimum absolute atomic E-state index is 0.0302. The standard InChI is InChI=1S/C24H24N4O3/c1-15-11-12-18-14-19(24(30)26-20(18)13-15)23-27-22(31-28-23)10-6-9-21(29)25-16(2)17-7-4-3-5-8-17/h3-5,7-8,11-14,16H,6,9-10H2,1-2H3,(H,25,29)(H,26,30)/t16-/m0/s1. The van der Waals surface area contributed by atoms with E-state index in [-0.39, 0.29) is 23.3 Å². The van der Waals surface area contributed by atoms with Gasteiger partial charge in [-0.2, -0.15) is 4.98 Å². The van der Waals surface area contributed by atoms with Crippen molar-refractivity contribution in [1.82, 2.24) is 20.4 Å². The van der Waals surface area contributed by atoms with Crippen molar-refractivity contribution in [3.05, 3.63) is 82.0 Å². The predicted molar refractivity (Wildman–Crippen MR) is 119 cm³/mol. The molecule has 0 fully saturated rings. The van der Waals surface area contributed by atoms with Crippen molar-refractivity contribution < 1.29 is 9.32 Å². The van der Waals surface area contributed by atoms with Gasteiger partial charge in [0.15, 0.2) is 0 Å². The third-order valence-electron chi connectivity index (χ3n) is 5.18. The van der Waals surface area contributed by atoms with Crippen LogP contribution in [0.3, 0.4) is 0 Å². The Labute approximate surface area is 179 Å². The number of aromatic nitrogens is 3. The quantitative estimate of drug-likeness (QED) is 0.473. The van der Waals surface area contributed by atoms with Gasteiger partial charge < -0.3 is 14.8 Å². The van der Waals surface area contributed by atoms with Gasteiger partial charge in [0.1, 0.15) is 0 Å². The molecular weight excluding hydrogens is 392 g/mol. The van der Waals surface area contributed by atoms with E-state index in [1.807, 2.05) is 62.4 Å². The SMILES string of the molecule is Cc1ccc2cc(-c3noc(CCCC(=O)N[C@@H](C)c4ccccc4)n3)c(=O)[nH]c2c1. The van der Waals surface area contributed by atoms with E-state index in [0.717, 1.165) is 22.0 Å². The number of H-pyrrole nitrogens is 1. The lowest BCUT2D eigenvalue weighted by molar-refractivity contribution is -0.121. The molecule has 7 heteroatoms. The topological polar surface area (TPSA) is 101 Å². The molecule has 2 aromatic carbocycles. The molecule has 2 heterocycles. The zero-order chi connectivity index (χ0) is 21.8. The summed E-state index contributed by atoms with van der Waals surface area (Å²) in [5.41, 5.74) is 3.00. The maximum absolute atomic E-state index is 12.4. The molecule has 1 atom stereocenters. The molecule has 4 rings (SSSR count). The second-order valence-electron chi connectivity index (χ2n) is 7.67. The van der Waals surface area contributed by atoms with Gasteiger partial charge in [-0.25, -0.2) is 0 Å². The van der Waals surface area contributed by atoms with Crippen molar-refractivity contribution in [3.63, 3.8) is 0 Å². The number of nitrogens with zero attached hydrogens (tertiary/aromatic N) is 2. The predicted octanol–water partition coefficient (Wildman–Crippen LogP) is 4.09. The molecule has 2 aromatic heterocycles. The van der Waals surface area contributed by atoms with Crippen LogP contribution in [0.2, 0.25) is 0 Å². The van der Waals surface area contributed by atoms with Gasteiger partial charge in [0, 0.05) is 18.4 Å². The van der Waals surface area contributed by atoms with Crippen LogP contribution in [0.5, 0.6) is 0 Å². The number of carbonyl (C=O) groups excluding carboxylic acids is 1. The Balaban J connectivity index is 1.36. The lowest BCUT2D eigenvalue weighted by Crippen LogP contribution is -2.26. The van der Waals surface area contributed by atoms with E-state index in [0.29, 0.717) is 30.7 Å². The van der Waals surface area contributed by atoms with E-state index >= 15 is 0 Å². The lowest BCUT2D eigenvalue weighted by Gasteiger charge is -2.13. The molecule has 0 saturated carbocycles. The van der Waals surface area contributed by atoms with Crippen molar-refractivity contribution in [2.75, 3.05) is 0 Å². The van der Waals surface area contributed by atoms with Gasteiger partial charge in [-0.15, -0.1) is 0 Å². The van der Waals surface area contributed by atoms with Crippen molar-refractivity contribution in [1.29, 1.82) is 0 Å². The van der Waals surface area contributed by atoms with E-state index in [1.54, 1.807) is 6.07 Å². The Morgan fingerprint density at radius 2 is 1.97 bits per heavy atom. The summed E-state index contributed by atoms with van der Waals surface area (Å²) in [6.45, 7) is 3.93. The van der Waals surface area contributed by atoms with Gasteiger partial charge in [0.05, 0.1) is 11.6 Å². The van der Waals surface area contributed by atoms with E-state index in [1.165, 1.54) is 0 Å². The second kappa shape index (κ2) is 8.95. The Kier molecular flexibility index (Phi) is 5.93. The van der Waals surface area contributed by atoms with Crippen LogP contribution >= 0.6 is 0 Å². The third-order valence-corrected chi connectivity index (χ3v) is 5.18. The molecule has 0 spiro atoms. The highest BCUT2D eigenvalue weighted by atomic mass is 16.5. The van der Waals surface area contributed by atoms with E-state index in [2.05, 4.69) is 20.4 Å². The van der Waals surface area contributed by atoms with Crippen LogP contribution in [-0.2, 0) is 11.2 Å². The van der Waals surface area contributed by atoms with Crippen LogP contribution in [0.15, 0.2) is 63.9 Å². The molecule has 31 heavy (non-hydrogen) atoms. The van der Waals surface area contributed by atoms with E-state index in [4.69, 9.17) is 4.52 Å². The highest BCUT2D eigenvalue weighted by molar-refractivity contribution is 5.82. The van der Waals surface area contributed by atoms with E-state index < -0.39 is 0 Å². The Hall–Kier alpha value is -3.74.